The van der Waals surface area contributed by atoms with Crippen molar-refractivity contribution >= 4 is 5.91 Å². The molecule has 7 heteroatoms. The van der Waals surface area contributed by atoms with E-state index in [4.69, 9.17) is 0 Å². The van der Waals surface area contributed by atoms with Crippen LogP contribution in [0.25, 0.3) is 0 Å². The van der Waals surface area contributed by atoms with Gasteiger partial charge in [0.25, 0.3) is 5.91 Å². The van der Waals surface area contributed by atoms with Crippen LogP contribution in [0.4, 0.5) is 8.78 Å². The molecule has 0 spiro atoms. The smallest absolute Gasteiger partial charge is 0.254 e. The largest absolute Gasteiger partial charge is 0.491 e. The number of methoxy groups -OCH3 is 1. The average Bonchev–Trinajstić information content (AvgIpc) is 3.21. The minimum absolute atomic E-state index is 0.0261. The number of carbonyl (C=O) groups is 1. The molecule has 1 amide bonds. The van der Waals surface area contributed by atoms with Crippen molar-refractivity contribution in [3.05, 3.63) is 47.5 Å². The number of nitrogens with one attached hydrogen (secondary N) is 1. The van der Waals surface area contributed by atoms with Gasteiger partial charge in [-0.1, -0.05) is 0 Å². The number of aromatic nitrogens is 2. The number of benzene rings is 1. The van der Waals surface area contributed by atoms with E-state index in [-0.39, 0.29) is 11.0 Å². The molecule has 5 nitrogen and oxygen atoms in total. The summed E-state index contributed by atoms with van der Waals surface area (Å²) in [5, 5.41) is 2.75. The Morgan fingerprint density at radius 2 is 2.17 bits per heavy atom. The van der Waals surface area contributed by atoms with Crippen LogP contribution in [0.2, 0.25) is 0 Å². The maximum atomic E-state index is 14.1. The third-order valence-corrected chi connectivity index (χ3v) is 4.51. The molecule has 1 heterocycles. The zero-order valence-electron chi connectivity index (χ0n) is 13.6. The Bertz CT molecular complexity index is 769. The van der Waals surface area contributed by atoms with Gasteiger partial charge in [-0.15, -0.1) is 0 Å². The van der Waals surface area contributed by atoms with Gasteiger partial charge in [-0.25, -0.2) is 13.8 Å². The lowest BCUT2D eigenvalue weighted by Gasteiger charge is -2.18. The van der Waals surface area contributed by atoms with Crippen LogP contribution in [-0.4, -0.2) is 29.1 Å². The number of hydrogen-bond acceptors (Lipinski definition) is 3. The molecule has 2 aromatic rings. The Hall–Kier alpha value is -2.44. The van der Waals surface area contributed by atoms with Crippen molar-refractivity contribution in [3.8, 4) is 5.75 Å². The highest BCUT2D eigenvalue weighted by atomic mass is 19.1. The number of carbonyl (C=O) groups excluding carboxylic acids is 1. The van der Waals surface area contributed by atoms with Gasteiger partial charge < -0.3 is 14.6 Å². The fourth-order valence-electron chi connectivity index (χ4n) is 2.76. The number of ether oxygens (including phenoxy) is 1. The third kappa shape index (κ3) is 3.11. The molecular formula is C17H19F2N3O2. The molecule has 1 aliphatic rings. The van der Waals surface area contributed by atoms with Gasteiger partial charge in [0.05, 0.1) is 12.7 Å². The van der Waals surface area contributed by atoms with E-state index in [1.807, 2.05) is 17.7 Å². The van der Waals surface area contributed by atoms with E-state index in [0.29, 0.717) is 6.54 Å². The van der Waals surface area contributed by atoms with Crippen molar-refractivity contribution in [2.45, 2.75) is 26.3 Å². The first-order chi connectivity index (χ1) is 11.5. The van der Waals surface area contributed by atoms with E-state index in [1.54, 1.807) is 6.20 Å². The maximum Gasteiger partial charge on any atom is 0.254 e. The molecular weight excluding hydrogens is 316 g/mol. The minimum Gasteiger partial charge on any atom is -0.491 e. The normalized spacial score (nSPS) is 15.2. The molecule has 0 radical (unpaired) electrons. The molecule has 1 saturated carbocycles. The Labute approximate surface area is 138 Å². The van der Waals surface area contributed by atoms with Gasteiger partial charge in [-0.2, -0.15) is 0 Å². The number of halogens is 2. The molecule has 0 bridgehead atoms. The summed E-state index contributed by atoms with van der Waals surface area (Å²) in [6.45, 7) is 3.12. The summed E-state index contributed by atoms with van der Waals surface area (Å²) in [6.07, 6.45) is 5.62. The zero-order valence-corrected chi connectivity index (χ0v) is 13.6. The lowest BCUT2D eigenvalue weighted by Crippen LogP contribution is -2.33. The van der Waals surface area contributed by atoms with E-state index in [0.717, 1.165) is 44.5 Å². The second-order valence-corrected chi connectivity index (χ2v) is 6.23. The molecule has 1 fully saturated rings. The van der Waals surface area contributed by atoms with Gasteiger partial charge in [0.15, 0.2) is 17.4 Å². The van der Waals surface area contributed by atoms with Crippen molar-refractivity contribution in [1.82, 2.24) is 14.9 Å². The lowest BCUT2D eigenvalue weighted by molar-refractivity contribution is 0.0938. The lowest BCUT2D eigenvalue weighted by atomic mass is 10.1. The molecule has 0 aliphatic heterocycles. The molecule has 0 saturated heterocycles. The topological polar surface area (TPSA) is 56.1 Å². The summed E-state index contributed by atoms with van der Waals surface area (Å²) >= 11 is 0. The van der Waals surface area contributed by atoms with E-state index < -0.39 is 23.3 Å². The summed E-state index contributed by atoms with van der Waals surface area (Å²) < 4.78 is 34.3. The molecule has 128 valence electrons. The summed E-state index contributed by atoms with van der Waals surface area (Å²) in [6, 6.07) is 2.15. The Morgan fingerprint density at radius 1 is 1.42 bits per heavy atom. The van der Waals surface area contributed by atoms with Crippen LogP contribution in [0.15, 0.2) is 24.5 Å². The van der Waals surface area contributed by atoms with E-state index in [2.05, 4.69) is 15.0 Å². The molecule has 1 aromatic heterocycles. The van der Waals surface area contributed by atoms with E-state index in [9.17, 15) is 13.6 Å². The SMILES string of the molecule is COc1c(F)ccc(C(=O)NCC2(Cn3ccnc3C)CC2)c1F. The molecule has 3 rings (SSSR count). The van der Waals surface area contributed by atoms with Gasteiger partial charge in [0, 0.05) is 30.9 Å². The molecule has 0 unspecified atom stereocenters. The van der Waals surface area contributed by atoms with Crippen molar-refractivity contribution < 1.29 is 18.3 Å². The predicted molar refractivity (Wildman–Crippen MR) is 83.9 cm³/mol. The van der Waals surface area contributed by atoms with Gasteiger partial charge in [0.2, 0.25) is 0 Å². The first-order valence-electron chi connectivity index (χ1n) is 7.74. The highest BCUT2D eigenvalue weighted by Gasteiger charge is 2.43. The fourth-order valence-corrected chi connectivity index (χ4v) is 2.76. The standard InChI is InChI=1S/C17H19F2N3O2/c1-11-20-7-8-22(11)10-17(5-6-17)9-21-16(23)12-3-4-13(18)15(24-2)14(12)19/h3-4,7-8H,5-6,9-10H2,1-2H3,(H,21,23). The summed E-state index contributed by atoms with van der Waals surface area (Å²) in [4.78, 5) is 16.4. The number of imidazole rings is 1. The highest BCUT2D eigenvalue weighted by Crippen LogP contribution is 2.46. The summed E-state index contributed by atoms with van der Waals surface area (Å²) in [5.41, 5.74) is -0.246. The van der Waals surface area contributed by atoms with Crippen molar-refractivity contribution in [2.75, 3.05) is 13.7 Å². The number of nitrogens with zero attached hydrogens (tertiary/aromatic N) is 2. The van der Waals surface area contributed by atoms with Gasteiger partial charge in [0.1, 0.15) is 5.82 Å². The van der Waals surface area contributed by atoms with Crippen molar-refractivity contribution in [1.29, 1.82) is 0 Å². The second kappa shape index (κ2) is 6.22. The van der Waals surface area contributed by atoms with Crippen molar-refractivity contribution in [2.24, 2.45) is 5.41 Å². The summed E-state index contributed by atoms with van der Waals surface area (Å²) in [5.74, 6) is -2.01. The Morgan fingerprint density at radius 3 is 2.75 bits per heavy atom. The Balaban J connectivity index is 1.67. The second-order valence-electron chi connectivity index (χ2n) is 6.23. The summed E-state index contributed by atoms with van der Waals surface area (Å²) in [7, 11) is 1.16. The molecule has 0 atom stereocenters. The number of rotatable bonds is 6. The van der Waals surface area contributed by atoms with Crippen LogP contribution in [-0.2, 0) is 6.54 Å². The van der Waals surface area contributed by atoms with Crippen LogP contribution in [0.5, 0.6) is 5.75 Å². The monoisotopic (exact) mass is 335 g/mol. The minimum atomic E-state index is -0.981. The van der Waals surface area contributed by atoms with Crippen LogP contribution in [0.3, 0.4) is 0 Å². The first-order valence-corrected chi connectivity index (χ1v) is 7.74. The van der Waals surface area contributed by atoms with Crippen LogP contribution >= 0.6 is 0 Å². The molecule has 24 heavy (non-hydrogen) atoms. The zero-order chi connectivity index (χ0) is 17.3. The maximum absolute atomic E-state index is 14.1. The number of aryl methyl sites for hydroxylation is 1. The Kier molecular flexibility index (Phi) is 4.26. The third-order valence-electron chi connectivity index (χ3n) is 4.51. The number of hydrogen-bond donors (Lipinski definition) is 1. The highest BCUT2D eigenvalue weighted by molar-refractivity contribution is 5.95. The quantitative estimate of drug-likeness (QED) is 0.883. The van der Waals surface area contributed by atoms with Crippen LogP contribution in [0.1, 0.15) is 29.0 Å². The van der Waals surface area contributed by atoms with E-state index in [1.165, 1.54) is 0 Å². The van der Waals surface area contributed by atoms with Crippen LogP contribution < -0.4 is 10.1 Å². The first kappa shape index (κ1) is 16.4. The van der Waals surface area contributed by atoms with E-state index >= 15 is 0 Å². The van der Waals surface area contributed by atoms with Crippen molar-refractivity contribution in [3.63, 3.8) is 0 Å². The van der Waals surface area contributed by atoms with Gasteiger partial charge in [-0.3, -0.25) is 4.79 Å². The molecule has 1 aliphatic carbocycles. The van der Waals surface area contributed by atoms with Gasteiger partial charge >= 0.3 is 0 Å². The van der Waals surface area contributed by atoms with Crippen LogP contribution in [0, 0.1) is 24.0 Å². The van der Waals surface area contributed by atoms with Gasteiger partial charge in [-0.05, 0) is 31.9 Å². The average molecular weight is 335 g/mol. The fraction of sp³-hybridized carbons (Fsp3) is 0.412. The molecule has 1 aromatic carbocycles. The molecule has 1 N–H and O–H groups in total. The number of amides is 1. The predicted octanol–water partition coefficient (Wildman–Crippen LogP) is 2.69.